The van der Waals surface area contributed by atoms with Gasteiger partial charge in [0.05, 0.1) is 5.02 Å². The van der Waals surface area contributed by atoms with Crippen LogP contribution >= 0.6 is 23.2 Å². The van der Waals surface area contributed by atoms with E-state index >= 15 is 0 Å². The van der Waals surface area contributed by atoms with E-state index < -0.39 is 11.9 Å². The van der Waals surface area contributed by atoms with E-state index in [2.05, 4.69) is 27.3 Å². The zero-order valence-corrected chi connectivity index (χ0v) is 19.7. The van der Waals surface area contributed by atoms with Gasteiger partial charge in [0.15, 0.2) is 5.69 Å². The number of alkyl halides is 3. The molecule has 1 fully saturated rings. The molecule has 1 aromatic heterocycles. The summed E-state index contributed by atoms with van der Waals surface area (Å²) < 4.78 is 39.4. The molecule has 5 rings (SSSR count). The Kier molecular flexibility index (Phi) is 6.47. The van der Waals surface area contributed by atoms with Crippen molar-refractivity contribution < 1.29 is 13.2 Å². The van der Waals surface area contributed by atoms with E-state index in [-0.39, 0.29) is 5.02 Å². The summed E-state index contributed by atoms with van der Waals surface area (Å²) in [6, 6.07) is 9.99. The number of rotatable bonds is 7. The van der Waals surface area contributed by atoms with Gasteiger partial charge in [-0.15, -0.1) is 0 Å². The lowest BCUT2D eigenvalue weighted by atomic mass is 9.92. The van der Waals surface area contributed by atoms with Gasteiger partial charge in [-0.1, -0.05) is 29.3 Å². The SMILES string of the molecule is FC(F)(F)c1nc(CCCN2CCC3=C(Cc4ccc(Cl)cc43)C2CNC2CC2)ccc1Cl. The molecular formula is C25H26Cl2F3N3. The summed E-state index contributed by atoms with van der Waals surface area (Å²) >= 11 is 12.0. The molecular weight excluding hydrogens is 470 g/mol. The summed E-state index contributed by atoms with van der Waals surface area (Å²) in [5.74, 6) is 0. The summed E-state index contributed by atoms with van der Waals surface area (Å²) in [5.41, 5.74) is 4.96. The first-order chi connectivity index (χ1) is 15.8. The highest BCUT2D eigenvalue weighted by atomic mass is 35.5. The Labute approximate surface area is 202 Å². The van der Waals surface area contributed by atoms with E-state index in [1.54, 1.807) is 6.07 Å². The Morgan fingerprint density at radius 3 is 2.70 bits per heavy atom. The van der Waals surface area contributed by atoms with Crippen LogP contribution in [-0.4, -0.2) is 41.6 Å². The van der Waals surface area contributed by atoms with Gasteiger partial charge >= 0.3 is 6.18 Å². The molecule has 1 N–H and O–H groups in total. The second-order valence-electron chi connectivity index (χ2n) is 9.20. The minimum absolute atomic E-state index is 0.296. The van der Waals surface area contributed by atoms with Gasteiger partial charge in [-0.2, -0.15) is 13.2 Å². The monoisotopic (exact) mass is 495 g/mol. The third-order valence-electron chi connectivity index (χ3n) is 6.89. The van der Waals surface area contributed by atoms with E-state index in [0.717, 1.165) is 43.9 Å². The molecule has 0 saturated heterocycles. The Morgan fingerprint density at radius 2 is 1.94 bits per heavy atom. The second-order valence-corrected chi connectivity index (χ2v) is 10.0. The van der Waals surface area contributed by atoms with Crippen LogP contribution < -0.4 is 5.32 Å². The van der Waals surface area contributed by atoms with E-state index in [4.69, 9.17) is 23.2 Å². The van der Waals surface area contributed by atoms with Gasteiger partial charge in [0.2, 0.25) is 0 Å². The summed E-state index contributed by atoms with van der Waals surface area (Å²) in [4.78, 5) is 6.28. The van der Waals surface area contributed by atoms with Crippen molar-refractivity contribution in [3.8, 4) is 0 Å². The molecule has 0 spiro atoms. The number of halogens is 5. The minimum atomic E-state index is -4.54. The van der Waals surface area contributed by atoms with Crippen molar-refractivity contribution in [2.45, 2.75) is 56.8 Å². The molecule has 1 saturated carbocycles. The molecule has 2 aromatic rings. The molecule has 2 heterocycles. The standard InChI is InChI=1S/C25H26Cl2F3N3/c26-16-4-3-15-12-21-19(20(15)13-16)9-11-33(23(21)14-31-17-5-6-17)10-1-2-18-7-8-22(27)24(32-18)25(28,29)30/h3-4,7-8,13,17,23,31H,1-2,5-6,9-12,14H2. The number of pyridine rings is 1. The molecule has 33 heavy (non-hydrogen) atoms. The maximum atomic E-state index is 13.1. The fraction of sp³-hybridized carbons (Fsp3) is 0.480. The van der Waals surface area contributed by atoms with Crippen LogP contribution in [0.2, 0.25) is 10.0 Å². The first-order valence-corrected chi connectivity index (χ1v) is 12.3. The van der Waals surface area contributed by atoms with Gasteiger partial charge in [-0.25, -0.2) is 4.98 Å². The summed E-state index contributed by atoms with van der Waals surface area (Å²) in [6.45, 7) is 2.66. The van der Waals surface area contributed by atoms with Gasteiger partial charge < -0.3 is 5.32 Å². The predicted molar refractivity (Wildman–Crippen MR) is 126 cm³/mol. The van der Waals surface area contributed by atoms with E-state index in [1.165, 1.54) is 41.2 Å². The van der Waals surface area contributed by atoms with Crippen molar-refractivity contribution in [2.24, 2.45) is 0 Å². The smallest absolute Gasteiger partial charge is 0.312 e. The average Bonchev–Trinajstić information content (AvgIpc) is 3.52. The fourth-order valence-electron chi connectivity index (χ4n) is 5.08. The van der Waals surface area contributed by atoms with Crippen molar-refractivity contribution in [2.75, 3.05) is 19.6 Å². The first kappa shape index (κ1) is 23.2. The van der Waals surface area contributed by atoms with Crippen LogP contribution in [0.1, 0.15) is 48.2 Å². The van der Waals surface area contributed by atoms with Gasteiger partial charge in [0, 0.05) is 35.9 Å². The maximum Gasteiger partial charge on any atom is 0.434 e. The highest BCUT2D eigenvalue weighted by molar-refractivity contribution is 6.31. The Hall–Kier alpha value is -1.60. The maximum absolute atomic E-state index is 13.1. The molecule has 1 unspecified atom stereocenters. The van der Waals surface area contributed by atoms with Crippen molar-refractivity contribution in [1.29, 1.82) is 0 Å². The number of aromatic nitrogens is 1. The van der Waals surface area contributed by atoms with Crippen LogP contribution in [0.15, 0.2) is 35.9 Å². The van der Waals surface area contributed by atoms with Gasteiger partial charge in [0.25, 0.3) is 0 Å². The molecule has 1 aromatic carbocycles. The highest BCUT2D eigenvalue weighted by Crippen LogP contribution is 2.42. The number of nitrogens with one attached hydrogen (secondary N) is 1. The van der Waals surface area contributed by atoms with Crippen molar-refractivity contribution in [3.05, 3.63) is 68.5 Å². The lowest BCUT2D eigenvalue weighted by molar-refractivity contribution is -0.141. The van der Waals surface area contributed by atoms with Crippen LogP contribution in [-0.2, 0) is 19.0 Å². The number of aryl methyl sites for hydroxylation is 1. The number of hydrogen-bond donors (Lipinski definition) is 1. The first-order valence-electron chi connectivity index (χ1n) is 11.5. The molecule has 8 heteroatoms. The van der Waals surface area contributed by atoms with Crippen LogP contribution in [0.5, 0.6) is 0 Å². The topological polar surface area (TPSA) is 28.2 Å². The van der Waals surface area contributed by atoms with Crippen LogP contribution in [0.3, 0.4) is 0 Å². The Balaban J connectivity index is 1.29. The molecule has 3 nitrogen and oxygen atoms in total. The molecule has 3 aliphatic rings. The van der Waals surface area contributed by atoms with Crippen LogP contribution in [0, 0.1) is 0 Å². The minimum Gasteiger partial charge on any atom is -0.312 e. The second kappa shape index (κ2) is 9.21. The zero-order valence-electron chi connectivity index (χ0n) is 18.2. The van der Waals surface area contributed by atoms with Crippen LogP contribution in [0.4, 0.5) is 13.2 Å². The van der Waals surface area contributed by atoms with Gasteiger partial charge in [-0.3, -0.25) is 4.90 Å². The third kappa shape index (κ3) is 5.09. The van der Waals surface area contributed by atoms with E-state index in [9.17, 15) is 13.2 Å². The number of nitrogens with zero attached hydrogens (tertiary/aromatic N) is 2. The van der Waals surface area contributed by atoms with Crippen molar-refractivity contribution in [1.82, 2.24) is 15.2 Å². The number of benzene rings is 1. The lowest BCUT2D eigenvalue weighted by Crippen LogP contribution is -2.47. The Bertz CT molecular complexity index is 1080. The normalized spacial score (nSPS) is 20.8. The van der Waals surface area contributed by atoms with Crippen molar-refractivity contribution in [3.63, 3.8) is 0 Å². The van der Waals surface area contributed by atoms with E-state index in [1.807, 2.05) is 6.07 Å². The van der Waals surface area contributed by atoms with Crippen LogP contribution in [0.25, 0.3) is 5.57 Å². The molecule has 0 radical (unpaired) electrons. The van der Waals surface area contributed by atoms with E-state index in [0.29, 0.717) is 24.2 Å². The third-order valence-corrected chi connectivity index (χ3v) is 7.43. The number of fused-ring (bicyclic) bond motifs is 2. The molecule has 0 amide bonds. The predicted octanol–water partition coefficient (Wildman–Crippen LogP) is 6.18. The molecule has 1 atom stereocenters. The van der Waals surface area contributed by atoms with Crippen molar-refractivity contribution >= 4 is 28.8 Å². The van der Waals surface area contributed by atoms with Gasteiger partial charge in [0.1, 0.15) is 0 Å². The largest absolute Gasteiger partial charge is 0.434 e. The lowest BCUT2D eigenvalue weighted by Gasteiger charge is -2.38. The molecule has 0 bridgehead atoms. The average molecular weight is 496 g/mol. The molecule has 176 valence electrons. The Morgan fingerprint density at radius 1 is 1.12 bits per heavy atom. The molecule has 1 aliphatic heterocycles. The zero-order chi connectivity index (χ0) is 23.2. The molecule has 2 aliphatic carbocycles. The van der Waals surface area contributed by atoms with Gasteiger partial charge in [-0.05, 0) is 91.6 Å². The summed E-state index contributed by atoms with van der Waals surface area (Å²) in [5, 5.41) is 4.11. The summed E-state index contributed by atoms with van der Waals surface area (Å²) in [6.07, 6.45) is 1.08. The highest BCUT2D eigenvalue weighted by Gasteiger charge is 2.36. The fourth-order valence-corrected chi connectivity index (χ4v) is 5.47. The number of hydrogen-bond acceptors (Lipinski definition) is 3. The quantitative estimate of drug-likeness (QED) is 0.497. The summed E-state index contributed by atoms with van der Waals surface area (Å²) in [7, 11) is 0.